The van der Waals surface area contributed by atoms with Crippen LogP contribution in [0.25, 0.3) is 0 Å². The molecule has 1 atom stereocenters. The van der Waals surface area contributed by atoms with Crippen LogP contribution in [-0.4, -0.2) is 25.7 Å². The maximum Gasteiger partial charge on any atom is 0.251 e. The summed E-state index contributed by atoms with van der Waals surface area (Å²) in [4.78, 5) is 12.2. The molecule has 2 rings (SSSR count). The monoisotopic (exact) mass is 333 g/mol. The molecule has 0 saturated carbocycles. The lowest BCUT2D eigenvalue weighted by Gasteiger charge is -2.16. The lowest BCUT2D eigenvalue weighted by molar-refractivity contribution is 0.0926. The van der Waals surface area contributed by atoms with Crippen molar-refractivity contribution in [2.24, 2.45) is 0 Å². The van der Waals surface area contributed by atoms with Crippen LogP contribution in [-0.2, 0) is 0 Å². The van der Waals surface area contributed by atoms with Gasteiger partial charge in [0, 0.05) is 5.56 Å². The predicted octanol–water partition coefficient (Wildman–Crippen LogP) is 3.85. The number of ether oxygens (including phenoxy) is 2. The third kappa shape index (κ3) is 4.63. The molecule has 0 fully saturated rings. The van der Waals surface area contributed by atoms with E-state index in [2.05, 4.69) is 5.32 Å². The number of carbonyl (C=O) groups is 1. The number of halogens is 1. The topological polar surface area (TPSA) is 47.6 Å². The summed E-state index contributed by atoms with van der Waals surface area (Å²) in [5.41, 5.74) is 1.55. The molecule has 4 nitrogen and oxygen atoms in total. The maximum absolute atomic E-state index is 12.2. The number of hydrogen-bond acceptors (Lipinski definition) is 3. The Hall–Kier alpha value is -2.20. The van der Waals surface area contributed by atoms with Crippen molar-refractivity contribution in [3.63, 3.8) is 0 Å². The van der Waals surface area contributed by atoms with Gasteiger partial charge in [0.25, 0.3) is 5.91 Å². The van der Waals surface area contributed by atoms with E-state index in [-0.39, 0.29) is 11.9 Å². The fourth-order valence-corrected chi connectivity index (χ4v) is 2.35. The highest BCUT2D eigenvalue weighted by molar-refractivity contribution is 6.32. The van der Waals surface area contributed by atoms with Gasteiger partial charge < -0.3 is 14.8 Å². The molecule has 2 aromatic rings. The van der Waals surface area contributed by atoms with Crippen molar-refractivity contribution >= 4 is 17.5 Å². The second-order valence-electron chi connectivity index (χ2n) is 5.30. The number of nitrogens with one attached hydrogen (secondary N) is 1. The van der Waals surface area contributed by atoms with Crippen molar-refractivity contribution in [2.75, 3.05) is 13.7 Å². The smallest absolute Gasteiger partial charge is 0.251 e. The minimum absolute atomic E-state index is 0.136. The number of amides is 1. The first-order valence-corrected chi connectivity index (χ1v) is 7.72. The molecule has 0 aliphatic heterocycles. The molecule has 0 unspecified atom stereocenters. The standard InChI is InChI=1S/C18H20ClNO3/c1-12-6-4-5-7-16(12)23-11-13(2)20-18(21)14-8-9-17(22-3)15(19)10-14/h4-10,13H,11H2,1-3H3,(H,20,21)/t13-/m1/s1. The summed E-state index contributed by atoms with van der Waals surface area (Å²) in [7, 11) is 1.53. The van der Waals surface area contributed by atoms with Gasteiger partial charge in [-0.05, 0) is 43.7 Å². The van der Waals surface area contributed by atoms with Crippen molar-refractivity contribution in [3.05, 3.63) is 58.6 Å². The van der Waals surface area contributed by atoms with E-state index in [1.165, 1.54) is 7.11 Å². The van der Waals surface area contributed by atoms with Crippen LogP contribution in [0.15, 0.2) is 42.5 Å². The molecule has 0 saturated heterocycles. The molecule has 23 heavy (non-hydrogen) atoms. The van der Waals surface area contributed by atoms with E-state index in [4.69, 9.17) is 21.1 Å². The second kappa shape index (κ2) is 7.88. The van der Waals surface area contributed by atoms with Crippen molar-refractivity contribution in [2.45, 2.75) is 19.9 Å². The molecule has 0 aromatic heterocycles. The van der Waals surface area contributed by atoms with Gasteiger partial charge in [-0.1, -0.05) is 29.8 Å². The number of carbonyl (C=O) groups excluding carboxylic acids is 1. The summed E-state index contributed by atoms with van der Waals surface area (Å²) in [6, 6.07) is 12.6. The Morgan fingerprint density at radius 2 is 1.96 bits per heavy atom. The van der Waals surface area contributed by atoms with Crippen LogP contribution in [0.4, 0.5) is 0 Å². The summed E-state index contributed by atoms with van der Waals surface area (Å²) in [5, 5.41) is 3.29. The quantitative estimate of drug-likeness (QED) is 0.873. The number of aryl methyl sites for hydroxylation is 1. The van der Waals surface area contributed by atoms with E-state index in [1.807, 2.05) is 38.1 Å². The first kappa shape index (κ1) is 17.2. The van der Waals surface area contributed by atoms with E-state index in [0.29, 0.717) is 22.9 Å². The third-order valence-corrected chi connectivity index (χ3v) is 3.67. The zero-order valence-electron chi connectivity index (χ0n) is 13.4. The highest BCUT2D eigenvalue weighted by Gasteiger charge is 2.12. The molecule has 0 aliphatic rings. The average Bonchev–Trinajstić information content (AvgIpc) is 2.54. The van der Waals surface area contributed by atoms with Crippen LogP contribution in [0, 0.1) is 6.92 Å². The van der Waals surface area contributed by atoms with E-state index >= 15 is 0 Å². The Morgan fingerprint density at radius 3 is 2.61 bits per heavy atom. The predicted molar refractivity (Wildman–Crippen MR) is 91.6 cm³/mol. The van der Waals surface area contributed by atoms with Crippen molar-refractivity contribution in [1.29, 1.82) is 0 Å². The molecule has 0 bridgehead atoms. The van der Waals surface area contributed by atoms with Gasteiger partial charge in [0.15, 0.2) is 0 Å². The number of rotatable bonds is 6. The Bertz CT molecular complexity index is 688. The van der Waals surface area contributed by atoms with E-state index in [0.717, 1.165) is 11.3 Å². The van der Waals surface area contributed by atoms with Crippen LogP contribution >= 0.6 is 11.6 Å². The average molecular weight is 334 g/mol. The van der Waals surface area contributed by atoms with Crippen LogP contribution in [0.1, 0.15) is 22.8 Å². The molecular formula is C18H20ClNO3. The molecular weight excluding hydrogens is 314 g/mol. The zero-order valence-corrected chi connectivity index (χ0v) is 14.2. The minimum atomic E-state index is -0.199. The van der Waals surface area contributed by atoms with Crippen molar-refractivity contribution in [3.8, 4) is 11.5 Å². The number of benzene rings is 2. The van der Waals surface area contributed by atoms with Gasteiger partial charge in [-0.3, -0.25) is 4.79 Å². The number of methoxy groups -OCH3 is 1. The molecule has 0 radical (unpaired) electrons. The Morgan fingerprint density at radius 1 is 1.22 bits per heavy atom. The van der Waals surface area contributed by atoms with Gasteiger partial charge in [0.1, 0.15) is 18.1 Å². The van der Waals surface area contributed by atoms with Crippen LogP contribution < -0.4 is 14.8 Å². The van der Waals surface area contributed by atoms with Gasteiger partial charge in [0.2, 0.25) is 0 Å². The third-order valence-electron chi connectivity index (χ3n) is 3.37. The van der Waals surface area contributed by atoms with E-state index in [9.17, 15) is 4.79 Å². The maximum atomic E-state index is 12.2. The summed E-state index contributed by atoms with van der Waals surface area (Å²) >= 11 is 6.04. The van der Waals surface area contributed by atoms with Gasteiger partial charge in [0.05, 0.1) is 18.2 Å². The van der Waals surface area contributed by atoms with Gasteiger partial charge in [-0.2, -0.15) is 0 Å². The molecule has 0 aliphatic carbocycles. The molecule has 2 aromatic carbocycles. The molecule has 0 spiro atoms. The van der Waals surface area contributed by atoms with Gasteiger partial charge in [-0.25, -0.2) is 0 Å². The SMILES string of the molecule is COc1ccc(C(=O)N[C@H](C)COc2ccccc2C)cc1Cl. The Kier molecular flexibility index (Phi) is 5.88. The normalized spacial score (nSPS) is 11.7. The Labute approximate surface area is 141 Å². The lowest BCUT2D eigenvalue weighted by Crippen LogP contribution is -2.36. The summed E-state index contributed by atoms with van der Waals surface area (Å²) in [5.74, 6) is 1.16. The molecule has 122 valence electrons. The first-order valence-electron chi connectivity index (χ1n) is 7.34. The Balaban J connectivity index is 1.92. The summed E-state index contributed by atoms with van der Waals surface area (Å²) in [6.07, 6.45) is 0. The molecule has 1 N–H and O–H groups in total. The fraction of sp³-hybridized carbons (Fsp3) is 0.278. The molecule has 0 heterocycles. The minimum Gasteiger partial charge on any atom is -0.495 e. The first-order chi connectivity index (χ1) is 11.0. The largest absolute Gasteiger partial charge is 0.495 e. The highest BCUT2D eigenvalue weighted by atomic mass is 35.5. The molecule has 5 heteroatoms. The second-order valence-corrected chi connectivity index (χ2v) is 5.71. The van der Waals surface area contributed by atoms with Crippen molar-refractivity contribution in [1.82, 2.24) is 5.32 Å². The van der Waals surface area contributed by atoms with Gasteiger partial charge in [-0.15, -0.1) is 0 Å². The summed E-state index contributed by atoms with van der Waals surface area (Å²) < 4.78 is 10.8. The van der Waals surface area contributed by atoms with Gasteiger partial charge >= 0.3 is 0 Å². The highest BCUT2D eigenvalue weighted by Crippen LogP contribution is 2.24. The number of hydrogen-bond donors (Lipinski definition) is 1. The van der Waals surface area contributed by atoms with Crippen LogP contribution in [0.5, 0.6) is 11.5 Å². The van der Waals surface area contributed by atoms with E-state index < -0.39 is 0 Å². The summed E-state index contributed by atoms with van der Waals surface area (Å²) in [6.45, 7) is 4.26. The fourth-order valence-electron chi connectivity index (χ4n) is 2.09. The van der Waals surface area contributed by atoms with Crippen LogP contribution in [0.3, 0.4) is 0 Å². The zero-order chi connectivity index (χ0) is 16.8. The number of para-hydroxylation sites is 1. The van der Waals surface area contributed by atoms with E-state index in [1.54, 1.807) is 18.2 Å². The van der Waals surface area contributed by atoms with Crippen LogP contribution in [0.2, 0.25) is 5.02 Å². The van der Waals surface area contributed by atoms with Crippen molar-refractivity contribution < 1.29 is 14.3 Å². The lowest BCUT2D eigenvalue weighted by atomic mass is 10.2. The molecule has 1 amide bonds.